The maximum Gasteiger partial charge on any atom is 0.0732 e. The van der Waals surface area contributed by atoms with Crippen LogP contribution in [0.1, 0.15) is 22.3 Å². The molecule has 2 aliphatic carbocycles. The summed E-state index contributed by atoms with van der Waals surface area (Å²) < 4.78 is 2.74. The van der Waals surface area contributed by atoms with Crippen LogP contribution >= 0.6 is 11.3 Å². The van der Waals surface area contributed by atoms with E-state index in [4.69, 9.17) is 0 Å². The number of thiophene rings is 1. The van der Waals surface area contributed by atoms with E-state index in [9.17, 15) is 0 Å². The highest BCUT2D eigenvalue weighted by atomic mass is 32.1. The van der Waals surface area contributed by atoms with Crippen LogP contribution in [0.2, 0.25) is 0 Å². The monoisotopic (exact) mass is 541 g/mol. The van der Waals surface area contributed by atoms with Gasteiger partial charge in [0.25, 0.3) is 0 Å². The van der Waals surface area contributed by atoms with E-state index in [1.165, 1.54) is 81.5 Å². The minimum Gasteiger partial charge on any atom is -0.378 e. The molecule has 0 saturated carbocycles. The summed E-state index contributed by atoms with van der Waals surface area (Å²) in [6.07, 6.45) is 0. The summed E-state index contributed by atoms with van der Waals surface area (Å²) >= 11 is 1.94. The molecular weight excluding hydrogens is 515 g/mol. The number of rotatable bonds is 2. The number of hydrogen-bond acceptors (Lipinski definition) is 2. The molecule has 0 fully saturated rings. The van der Waals surface area contributed by atoms with Crippen molar-refractivity contribution < 1.29 is 0 Å². The zero-order valence-corrected chi connectivity index (χ0v) is 23.8. The lowest BCUT2D eigenvalue weighted by atomic mass is 9.68. The Morgan fingerprint density at radius 3 is 2.07 bits per heavy atom. The molecule has 1 nitrogen and oxygen atoms in total. The standard InChI is InChI=1S/C39H27NS/c1-40(2)25-12-9-11-24(23-25)26-16-10-17-29-27-13-3-6-18-32(27)39(37(26)29)33-19-7-4-15-31(33)36-34(39)22-21-30-28-14-5-8-20-35(28)41-38(30)36/h3-23H,1-2H3. The van der Waals surface area contributed by atoms with Gasteiger partial charge in [0.15, 0.2) is 0 Å². The summed E-state index contributed by atoms with van der Waals surface area (Å²) in [6.45, 7) is 0. The fourth-order valence-electron chi connectivity index (χ4n) is 7.65. The number of benzene rings is 6. The van der Waals surface area contributed by atoms with Crippen LogP contribution in [-0.4, -0.2) is 14.1 Å². The topological polar surface area (TPSA) is 3.24 Å². The van der Waals surface area contributed by atoms with Crippen molar-refractivity contribution in [3.8, 4) is 33.4 Å². The van der Waals surface area contributed by atoms with Gasteiger partial charge in [-0.05, 0) is 68.3 Å². The number of fused-ring (bicyclic) bond motifs is 14. The highest BCUT2D eigenvalue weighted by Crippen LogP contribution is 2.65. The molecule has 0 aliphatic heterocycles. The molecule has 1 aromatic heterocycles. The summed E-state index contributed by atoms with van der Waals surface area (Å²) in [7, 11) is 4.23. The molecule has 0 bridgehead atoms. The van der Waals surface area contributed by atoms with Crippen LogP contribution in [0.15, 0.2) is 127 Å². The van der Waals surface area contributed by atoms with Crippen molar-refractivity contribution >= 4 is 37.2 Å². The quantitative estimate of drug-likeness (QED) is 0.210. The SMILES string of the molecule is CN(C)c1cccc(-c2cccc3c2C2(c4ccccc4-3)c3ccccc3-c3c2ccc2c3sc3ccccc32)c1. The second-order valence-corrected chi connectivity index (χ2v) is 12.5. The third-order valence-electron chi connectivity index (χ3n) is 9.29. The zero-order valence-electron chi connectivity index (χ0n) is 23.0. The van der Waals surface area contributed by atoms with Gasteiger partial charge in [0.1, 0.15) is 0 Å². The molecule has 1 spiro atoms. The molecule has 0 radical (unpaired) electrons. The van der Waals surface area contributed by atoms with Gasteiger partial charge in [-0.2, -0.15) is 0 Å². The Morgan fingerprint density at radius 1 is 0.537 bits per heavy atom. The summed E-state index contributed by atoms with van der Waals surface area (Å²) in [5, 5.41) is 2.71. The van der Waals surface area contributed by atoms with Crippen molar-refractivity contribution in [2.24, 2.45) is 0 Å². The molecule has 6 aromatic carbocycles. The summed E-state index contributed by atoms with van der Waals surface area (Å²) in [6, 6.07) is 47.9. The van der Waals surface area contributed by atoms with Crippen molar-refractivity contribution in [3.05, 3.63) is 150 Å². The number of hydrogen-bond donors (Lipinski definition) is 0. The minimum atomic E-state index is -0.382. The van der Waals surface area contributed by atoms with E-state index >= 15 is 0 Å². The lowest BCUT2D eigenvalue weighted by molar-refractivity contribution is 0.796. The van der Waals surface area contributed by atoms with Crippen LogP contribution in [0.4, 0.5) is 5.69 Å². The van der Waals surface area contributed by atoms with Gasteiger partial charge in [-0.15, -0.1) is 11.3 Å². The maximum absolute atomic E-state index is 2.44. The van der Waals surface area contributed by atoms with Gasteiger partial charge in [0.05, 0.1) is 5.41 Å². The van der Waals surface area contributed by atoms with Crippen molar-refractivity contribution in [1.29, 1.82) is 0 Å². The van der Waals surface area contributed by atoms with Crippen molar-refractivity contribution in [1.82, 2.24) is 0 Å². The minimum absolute atomic E-state index is 0.382. The molecule has 0 saturated heterocycles. The Hall–Kier alpha value is -4.66. The Labute approximate surface area is 244 Å². The molecule has 41 heavy (non-hydrogen) atoms. The van der Waals surface area contributed by atoms with E-state index in [2.05, 4.69) is 146 Å². The lowest BCUT2D eigenvalue weighted by Gasteiger charge is -2.32. The summed E-state index contributed by atoms with van der Waals surface area (Å²) in [5.41, 5.74) is 14.4. The van der Waals surface area contributed by atoms with E-state index < -0.39 is 0 Å². The van der Waals surface area contributed by atoms with Crippen LogP contribution in [0.25, 0.3) is 53.6 Å². The fraction of sp³-hybridized carbons (Fsp3) is 0.0769. The van der Waals surface area contributed by atoms with Crippen LogP contribution in [0.3, 0.4) is 0 Å². The van der Waals surface area contributed by atoms with E-state index in [1.54, 1.807) is 0 Å². The molecule has 2 heteroatoms. The first-order valence-electron chi connectivity index (χ1n) is 14.2. The third-order valence-corrected chi connectivity index (χ3v) is 10.5. The van der Waals surface area contributed by atoms with Gasteiger partial charge >= 0.3 is 0 Å². The first kappa shape index (κ1) is 23.1. The van der Waals surface area contributed by atoms with E-state index in [0.29, 0.717) is 0 Å². The van der Waals surface area contributed by atoms with E-state index in [1.807, 2.05) is 11.3 Å². The smallest absolute Gasteiger partial charge is 0.0732 e. The van der Waals surface area contributed by atoms with E-state index in [-0.39, 0.29) is 5.41 Å². The molecule has 7 aromatic rings. The molecule has 0 amide bonds. The Bertz CT molecular complexity index is 2200. The van der Waals surface area contributed by atoms with Gasteiger partial charge in [0.2, 0.25) is 0 Å². The van der Waals surface area contributed by atoms with Crippen molar-refractivity contribution in [3.63, 3.8) is 0 Å². The average Bonchev–Trinajstić information content (AvgIpc) is 3.65. The fourth-order valence-corrected chi connectivity index (χ4v) is 8.92. The molecule has 194 valence electrons. The Kier molecular flexibility index (Phi) is 4.61. The predicted molar refractivity (Wildman–Crippen MR) is 175 cm³/mol. The second kappa shape index (κ2) is 8.19. The largest absolute Gasteiger partial charge is 0.378 e. The third kappa shape index (κ3) is 2.85. The van der Waals surface area contributed by atoms with Gasteiger partial charge < -0.3 is 4.90 Å². The number of anilines is 1. The molecule has 0 N–H and O–H groups in total. The molecule has 1 atom stereocenters. The molecule has 1 heterocycles. The second-order valence-electron chi connectivity index (χ2n) is 11.5. The predicted octanol–water partition coefficient (Wildman–Crippen LogP) is 10.1. The average molecular weight is 542 g/mol. The van der Waals surface area contributed by atoms with Crippen LogP contribution in [-0.2, 0) is 5.41 Å². The highest BCUT2D eigenvalue weighted by Gasteiger charge is 2.53. The summed E-state index contributed by atoms with van der Waals surface area (Å²) in [5.74, 6) is 0. The summed E-state index contributed by atoms with van der Waals surface area (Å²) in [4.78, 5) is 2.19. The van der Waals surface area contributed by atoms with Crippen LogP contribution < -0.4 is 4.90 Å². The Morgan fingerprint density at radius 2 is 1.22 bits per heavy atom. The van der Waals surface area contributed by atoms with Crippen molar-refractivity contribution in [2.45, 2.75) is 5.41 Å². The first-order valence-corrected chi connectivity index (χ1v) is 15.1. The van der Waals surface area contributed by atoms with Gasteiger partial charge in [-0.1, -0.05) is 109 Å². The normalized spacial score (nSPS) is 16.1. The molecule has 2 aliphatic rings. The lowest BCUT2D eigenvalue weighted by Crippen LogP contribution is -2.26. The van der Waals surface area contributed by atoms with E-state index in [0.717, 1.165) is 0 Å². The van der Waals surface area contributed by atoms with Gasteiger partial charge in [0, 0.05) is 45.5 Å². The zero-order chi connectivity index (χ0) is 27.3. The Balaban J connectivity index is 1.47. The molecule has 9 rings (SSSR count). The van der Waals surface area contributed by atoms with Crippen LogP contribution in [0, 0.1) is 0 Å². The van der Waals surface area contributed by atoms with Crippen molar-refractivity contribution in [2.75, 3.05) is 19.0 Å². The highest BCUT2D eigenvalue weighted by molar-refractivity contribution is 7.26. The van der Waals surface area contributed by atoms with Gasteiger partial charge in [-0.25, -0.2) is 0 Å². The van der Waals surface area contributed by atoms with Crippen LogP contribution in [0.5, 0.6) is 0 Å². The maximum atomic E-state index is 2.44. The molecular formula is C39H27NS. The first-order chi connectivity index (χ1) is 20.2. The number of nitrogens with zero attached hydrogens (tertiary/aromatic N) is 1. The van der Waals surface area contributed by atoms with Gasteiger partial charge in [-0.3, -0.25) is 0 Å². The molecule has 1 unspecified atom stereocenters.